The topological polar surface area (TPSA) is 46.2 Å². The molecule has 1 saturated carbocycles. The Bertz CT molecular complexity index is 180. The molecule has 0 heterocycles. The van der Waals surface area contributed by atoms with Crippen LogP contribution in [-0.2, 0) is 0 Å². The molecule has 0 saturated heterocycles. The molecule has 0 bridgehead atoms. The fourth-order valence-electron chi connectivity index (χ4n) is 3.50. The third-order valence-electron chi connectivity index (χ3n) is 2.93. The molecule has 0 atom stereocenters. The van der Waals surface area contributed by atoms with E-state index in [1.807, 2.05) is 0 Å². The van der Waals surface area contributed by atoms with Crippen LogP contribution in [0.5, 0.6) is 0 Å². The van der Waals surface area contributed by atoms with Gasteiger partial charge in [-0.15, -0.1) is 0 Å². The van der Waals surface area contributed by atoms with Crippen LogP contribution in [0.15, 0.2) is 0 Å². The first-order valence-electron chi connectivity index (χ1n) is 5.08. The summed E-state index contributed by atoms with van der Waals surface area (Å²) in [5, 5.41) is 9.29. The van der Waals surface area contributed by atoms with Crippen LogP contribution in [0, 0.1) is 10.8 Å². The molecule has 0 aromatic carbocycles. The van der Waals surface area contributed by atoms with E-state index in [2.05, 4.69) is 27.7 Å². The van der Waals surface area contributed by atoms with Gasteiger partial charge in [0.1, 0.15) is 0 Å². The molecular formula is C11H23NO. The molecule has 1 rings (SSSR count). The van der Waals surface area contributed by atoms with Crippen LogP contribution in [-0.4, -0.2) is 17.3 Å². The summed E-state index contributed by atoms with van der Waals surface area (Å²) >= 11 is 0. The zero-order valence-corrected chi connectivity index (χ0v) is 9.35. The van der Waals surface area contributed by atoms with Gasteiger partial charge in [0.2, 0.25) is 0 Å². The van der Waals surface area contributed by atoms with Crippen molar-refractivity contribution in [2.24, 2.45) is 16.6 Å². The first kappa shape index (κ1) is 11.0. The largest absolute Gasteiger partial charge is 0.394 e. The monoisotopic (exact) mass is 185 g/mol. The third-order valence-corrected chi connectivity index (χ3v) is 2.93. The predicted molar refractivity (Wildman–Crippen MR) is 55.4 cm³/mol. The molecule has 2 heteroatoms. The van der Waals surface area contributed by atoms with E-state index in [1.165, 1.54) is 6.42 Å². The molecule has 13 heavy (non-hydrogen) atoms. The molecule has 3 N–H and O–H groups in total. The van der Waals surface area contributed by atoms with Gasteiger partial charge in [0.15, 0.2) is 0 Å². The Balaban J connectivity index is 2.84. The maximum atomic E-state index is 9.29. The fourth-order valence-corrected chi connectivity index (χ4v) is 3.50. The van der Waals surface area contributed by atoms with Gasteiger partial charge >= 0.3 is 0 Å². The zero-order valence-electron chi connectivity index (χ0n) is 9.35. The lowest BCUT2D eigenvalue weighted by Gasteiger charge is -2.49. The summed E-state index contributed by atoms with van der Waals surface area (Å²) in [6.45, 7) is 9.08. The van der Waals surface area contributed by atoms with Gasteiger partial charge in [-0.2, -0.15) is 0 Å². The SMILES string of the molecule is CC1(C)CC(C)(C)CC(N)(CO)C1. The van der Waals surface area contributed by atoms with Crippen molar-refractivity contribution in [1.82, 2.24) is 0 Å². The van der Waals surface area contributed by atoms with Gasteiger partial charge in [-0.1, -0.05) is 27.7 Å². The highest BCUT2D eigenvalue weighted by molar-refractivity contribution is 5.00. The molecule has 1 aliphatic carbocycles. The fraction of sp³-hybridized carbons (Fsp3) is 1.00. The summed E-state index contributed by atoms with van der Waals surface area (Å²) in [7, 11) is 0. The van der Waals surface area contributed by atoms with E-state index in [0.717, 1.165) is 12.8 Å². The third kappa shape index (κ3) is 2.68. The minimum absolute atomic E-state index is 0.111. The lowest BCUT2D eigenvalue weighted by Crippen LogP contribution is -2.54. The molecular weight excluding hydrogens is 162 g/mol. The maximum Gasteiger partial charge on any atom is 0.0611 e. The van der Waals surface area contributed by atoms with E-state index in [0.29, 0.717) is 0 Å². The molecule has 1 fully saturated rings. The molecule has 0 aliphatic heterocycles. The molecule has 0 aromatic rings. The second-order valence-electron chi connectivity index (χ2n) is 6.38. The number of hydrogen-bond donors (Lipinski definition) is 2. The van der Waals surface area contributed by atoms with Gasteiger partial charge in [-0.3, -0.25) is 0 Å². The molecule has 0 radical (unpaired) electrons. The minimum Gasteiger partial charge on any atom is -0.394 e. The van der Waals surface area contributed by atoms with Gasteiger partial charge in [-0.05, 0) is 30.1 Å². The second-order valence-corrected chi connectivity index (χ2v) is 6.38. The van der Waals surface area contributed by atoms with E-state index in [4.69, 9.17) is 5.73 Å². The summed E-state index contributed by atoms with van der Waals surface area (Å²) in [4.78, 5) is 0. The van der Waals surface area contributed by atoms with E-state index in [9.17, 15) is 5.11 Å². The average molecular weight is 185 g/mol. The molecule has 2 nitrogen and oxygen atoms in total. The van der Waals surface area contributed by atoms with Crippen molar-refractivity contribution < 1.29 is 5.11 Å². The van der Waals surface area contributed by atoms with Gasteiger partial charge in [-0.25, -0.2) is 0 Å². The molecule has 78 valence electrons. The van der Waals surface area contributed by atoms with Crippen LogP contribution in [0.3, 0.4) is 0 Å². The van der Waals surface area contributed by atoms with Gasteiger partial charge in [0, 0.05) is 5.54 Å². The second kappa shape index (κ2) is 2.96. The summed E-state index contributed by atoms with van der Waals surface area (Å²) in [5.74, 6) is 0. The minimum atomic E-state index is -0.356. The van der Waals surface area contributed by atoms with E-state index in [-0.39, 0.29) is 23.0 Å². The van der Waals surface area contributed by atoms with Crippen LogP contribution < -0.4 is 5.73 Å². The lowest BCUT2D eigenvalue weighted by molar-refractivity contribution is 0.0180. The smallest absolute Gasteiger partial charge is 0.0611 e. The van der Waals surface area contributed by atoms with Crippen molar-refractivity contribution in [1.29, 1.82) is 0 Å². The zero-order chi connectivity index (χ0) is 10.3. The van der Waals surface area contributed by atoms with Crippen molar-refractivity contribution in [2.45, 2.75) is 52.5 Å². The standard InChI is InChI=1S/C11H23NO/c1-9(2)5-10(3,4)7-11(12,6-9)8-13/h13H,5-8,12H2,1-4H3. The first-order chi connectivity index (χ1) is 5.68. The molecule has 0 amide bonds. The normalized spacial score (nSPS) is 30.0. The number of aliphatic hydroxyl groups is 1. The van der Waals surface area contributed by atoms with E-state index < -0.39 is 0 Å². The Kier molecular flexibility index (Phi) is 2.50. The highest BCUT2D eigenvalue weighted by atomic mass is 16.3. The summed E-state index contributed by atoms with van der Waals surface area (Å²) in [6.07, 6.45) is 3.05. The number of rotatable bonds is 1. The molecule has 0 spiro atoms. The summed E-state index contributed by atoms with van der Waals surface area (Å²) in [5.41, 5.74) is 6.33. The van der Waals surface area contributed by atoms with Crippen molar-refractivity contribution >= 4 is 0 Å². The van der Waals surface area contributed by atoms with E-state index >= 15 is 0 Å². The van der Waals surface area contributed by atoms with E-state index in [1.54, 1.807) is 0 Å². The number of aliphatic hydroxyl groups excluding tert-OH is 1. The number of nitrogens with two attached hydrogens (primary N) is 1. The maximum absolute atomic E-state index is 9.29. The molecule has 0 unspecified atom stereocenters. The molecule has 1 aliphatic rings. The van der Waals surface area contributed by atoms with Gasteiger partial charge < -0.3 is 10.8 Å². The Morgan fingerprint density at radius 3 is 1.69 bits per heavy atom. The number of hydrogen-bond acceptors (Lipinski definition) is 2. The van der Waals surface area contributed by atoms with Gasteiger partial charge in [0.05, 0.1) is 6.61 Å². The Morgan fingerprint density at radius 2 is 1.38 bits per heavy atom. The van der Waals surface area contributed by atoms with Crippen LogP contribution in [0.1, 0.15) is 47.0 Å². The Hall–Kier alpha value is -0.0800. The summed E-state index contributed by atoms with van der Waals surface area (Å²) in [6, 6.07) is 0. The quantitative estimate of drug-likeness (QED) is 0.655. The Morgan fingerprint density at radius 1 is 1.00 bits per heavy atom. The summed E-state index contributed by atoms with van der Waals surface area (Å²) < 4.78 is 0. The lowest BCUT2D eigenvalue weighted by atomic mass is 9.59. The highest BCUT2D eigenvalue weighted by Gasteiger charge is 2.44. The van der Waals surface area contributed by atoms with Crippen molar-refractivity contribution in [3.05, 3.63) is 0 Å². The first-order valence-corrected chi connectivity index (χ1v) is 5.08. The van der Waals surface area contributed by atoms with Gasteiger partial charge in [0.25, 0.3) is 0 Å². The predicted octanol–water partition coefficient (Wildman–Crippen LogP) is 1.91. The average Bonchev–Trinajstić information content (AvgIpc) is 1.79. The van der Waals surface area contributed by atoms with Crippen LogP contribution in [0.25, 0.3) is 0 Å². The van der Waals surface area contributed by atoms with Crippen molar-refractivity contribution in [2.75, 3.05) is 6.61 Å². The van der Waals surface area contributed by atoms with Crippen LogP contribution in [0.4, 0.5) is 0 Å². The Labute approximate surface area is 81.5 Å². The van der Waals surface area contributed by atoms with Crippen molar-refractivity contribution in [3.63, 3.8) is 0 Å². The van der Waals surface area contributed by atoms with Crippen LogP contribution in [0.2, 0.25) is 0 Å². The molecule has 0 aromatic heterocycles. The van der Waals surface area contributed by atoms with Crippen LogP contribution >= 0.6 is 0 Å². The highest BCUT2D eigenvalue weighted by Crippen LogP contribution is 2.48. The van der Waals surface area contributed by atoms with Crippen molar-refractivity contribution in [3.8, 4) is 0 Å².